The zero-order valence-electron chi connectivity index (χ0n) is 15.6. The van der Waals surface area contributed by atoms with E-state index in [0.29, 0.717) is 16.7 Å². The fourth-order valence-electron chi connectivity index (χ4n) is 4.01. The van der Waals surface area contributed by atoms with Gasteiger partial charge in [-0.25, -0.2) is 19.7 Å². The molecule has 2 bridgehead atoms. The Kier molecular flexibility index (Phi) is 4.52. The quantitative estimate of drug-likeness (QED) is 0.689. The Labute approximate surface area is 173 Å². The summed E-state index contributed by atoms with van der Waals surface area (Å²) in [6.07, 6.45) is 4.82. The number of piperidine rings is 1. The molecule has 0 aliphatic carbocycles. The first-order valence-corrected chi connectivity index (χ1v) is 9.95. The zero-order valence-corrected chi connectivity index (χ0v) is 16.4. The van der Waals surface area contributed by atoms with Crippen LogP contribution in [0, 0.1) is 0 Å². The number of amides is 2. The van der Waals surface area contributed by atoms with E-state index >= 15 is 0 Å². The number of aromatic nitrogens is 3. The van der Waals surface area contributed by atoms with E-state index in [2.05, 4.69) is 26.3 Å². The lowest BCUT2D eigenvalue weighted by atomic mass is 10.1. The van der Waals surface area contributed by atoms with E-state index in [1.165, 1.54) is 6.33 Å². The Morgan fingerprint density at radius 3 is 2.76 bits per heavy atom. The van der Waals surface area contributed by atoms with Crippen molar-refractivity contribution in [3.63, 3.8) is 0 Å². The van der Waals surface area contributed by atoms with Crippen molar-refractivity contribution in [2.24, 2.45) is 0 Å². The number of hydrogen-bond donors (Lipinski definition) is 1. The van der Waals surface area contributed by atoms with Gasteiger partial charge in [-0.1, -0.05) is 23.7 Å². The van der Waals surface area contributed by atoms with Gasteiger partial charge in [0.25, 0.3) is 0 Å². The maximum Gasteiger partial charge on any atom is 0.328 e. The van der Waals surface area contributed by atoms with E-state index in [1.54, 1.807) is 17.2 Å². The van der Waals surface area contributed by atoms with Crippen LogP contribution in [0.15, 0.2) is 55.0 Å². The molecule has 5 heterocycles. The molecule has 3 aliphatic rings. The number of anilines is 3. The minimum absolute atomic E-state index is 0.0939. The van der Waals surface area contributed by atoms with Crippen molar-refractivity contribution in [2.75, 3.05) is 28.2 Å². The number of halogens is 1. The number of pyridine rings is 1. The van der Waals surface area contributed by atoms with Gasteiger partial charge in [0, 0.05) is 35.9 Å². The maximum atomic E-state index is 13.2. The Morgan fingerprint density at radius 2 is 2.00 bits per heavy atom. The monoisotopic (exact) mass is 406 g/mol. The van der Waals surface area contributed by atoms with E-state index < -0.39 is 0 Å². The fraction of sp³-hybridized carbons (Fsp3) is 0.238. The molecule has 0 saturated carbocycles. The van der Waals surface area contributed by atoms with Crippen molar-refractivity contribution in [3.05, 3.63) is 60.0 Å². The highest BCUT2D eigenvalue weighted by Gasteiger charge is 2.37. The number of urea groups is 1. The molecule has 2 aromatic heterocycles. The number of nitrogens with one attached hydrogen (secondary N) is 1. The van der Waals surface area contributed by atoms with E-state index in [0.717, 1.165) is 42.9 Å². The number of fused-ring (bicyclic) bond motifs is 2. The van der Waals surface area contributed by atoms with Crippen LogP contribution < -0.4 is 15.1 Å². The SMILES string of the molecule is O=C(Nc1ccncn1)N1c2nc(-c3cccc(Cl)c3)ccc2N2CCC1CC2. The Bertz CT molecular complexity index is 1050. The van der Waals surface area contributed by atoms with Crippen molar-refractivity contribution in [1.29, 1.82) is 0 Å². The molecule has 0 spiro atoms. The van der Waals surface area contributed by atoms with Crippen molar-refractivity contribution in [2.45, 2.75) is 18.9 Å². The van der Waals surface area contributed by atoms with Crippen LogP contribution in [0.4, 0.5) is 22.1 Å². The molecule has 7 nitrogen and oxygen atoms in total. The van der Waals surface area contributed by atoms with Gasteiger partial charge < -0.3 is 4.90 Å². The summed E-state index contributed by atoms with van der Waals surface area (Å²) >= 11 is 6.17. The van der Waals surface area contributed by atoms with Crippen molar-refractivity contribution in [1.82, 2.24) is 15.0 Å². The smallest absolute Gasteiger partial charge is 0.328 e. The number of carbonyl (C=O) groups is 1. The largest absolute Gasteiger partial charge is 0.368 e. The molecular weight excluding hydrogens is 388 g/mol. The summed E-state index contributed by atoms with van der Waals surface area (Å²) in [5.41, 5.74) is 2.69. The highest BCUT2D eigenvalue weighted by atomic mass is 35.5. The molecule has 1 saturated heterocycles. The molecule has 3 aliphatic heterocycles. The van der Waals surface area contributed by atoms with Gasteiger partial charge in [0.1, 0.15) is 12.1 Å². The standard InChI is InChI=1S/C21H19ClN6O/c22-15-3-1-2-14(12-15)17-4-5-18-20(25-17)28(16-7-10-27(18)11-8-16)21(29)26-19-6-9-23-13-24-19/h1-6,9,12-13,16H,7-8,10-11H2,(H,23,24,26,29). The summed E-state index contributed by atoms with van der Waals surface area (Å²) in [6.45, 7) is 1.82. The molecule has 8 heteroatoms. The molecule has 1 aromatic carbocycles. The van der Waals surface area contributed by atoms with Gasteiger partial charge in [-0.3, -0.25) is 10.2 Å². The molecular formula is C21H19ClN6O. The highest BCUT2D eigenvalue weighted by molar-refractivity contribution is 6.30. The van der Waals surface area contributed by atoms with E-state index in [9.17, 15) is 4.79 Å². The third-order valence-corrected chi connectivity index (χ3v) is 5.64. The summed E-state index contributed by atoms with van der Waals surface area (Å²) in [4.78, 5) is 30.3. The molecule has 3 aromatic rings. The second kappa shape index (κ2) is 7.33. The van der Waals surface area contributed by atoms with Crippen molar-refractivity contribution >= 4 is 35.0 Å². The summed E-state index contributed by atoms with van der Waals surface area (Å²) < 4.78 is 0. The summed E-state index contributed by atoms with van der Waals surface area (Å²) in [5.74, 6) is 1.14. The first-order valence-electron chi connectivity index (χ1n) is 9.57. The molecule has 0 radical (unpaired) electrons. The molecule has 0 atom stereocenters. The predicted molar refractivity (Wildman–Crippen MR) is 113 cm³/mol. The van der Waals surface area contributed by atoms with Crippen LogP contribution in [0.3, 0.4) is 0 Å². The van der Waals surface area contributed by atoms with Gasteiger partial charge in [0.05, 0.1) is 11.4 Å². The first kappa shape index (κ1) is 17.9. The van der Waals surface area contributed by atoms with E-state index in [4.69, 9.17) is 16.6 Å². The topological polar surface area (TPSA) is 74.2 Å². The predicted octanol–water partition coefficient (Wildman–Crippen LogP) is 4.21. The minimum atomic E-state index is -0.227. The van der Waals surface area contributed by atoms with Crippen LogP contribution in [0.1, 0.15) is 12.8 Å². The first-order chi connectivity index (χ1) is 14.2. The summed E-state index contributed by atoms with van der Waals surface area (Å²) in [7, 11) is 0. The number of hydrogen-bond acceptors (Lipinski definition) is 5. The summed E-state index contributed by atoms with van der Waals surface area (Å²) in [5, 5.41) is 3.54. The van der Waals surface area contributed by atoms with E-state index in [1.807, 2.05) is 30.3 Å². The second-order valence-corrected chi connectivity index (χ2v) is 7.60. The van der Waals surface area contributed by atoms with Crippen LogP contribution in [-0.4, -0.2) is 40.1 Å². The molecule has 6 rings (SSSR count). The third-order valence-electron chi connectivity index (χ3n) is 5.41. The molecule has 1 fully saturated rings. The van der Waals surface area contributed by atoms with Gasteiger partial charge in [0.15, 0.2) is 5.82 Å². The van der Waals surface area contributed by atoms with Crippen molar-refractivity contribution in [3.8, 4) is 11.3 Å². The van der Waals surface area contributed by atoms with Crippen LogP contribution >= 0.6 is 11.6 Å². The van der Waals surface area contributed by atoms with Crippen molar-refractivity contribution < 1.29 is 4.79 Å². The average molecular weight is 407 g/mol. The zero-order chi connectivity index (χ0) is 19.8. The number of rotatable bonds is 2. The molecule has 146 valence electrons. The van der Waals surface area contributed by atoms with Gasteiger partial charge in [-0.15, -0.1) is 0 Å². The van der Waals surface area contributed by atoms with Gasteiger partial charge in [0.2, 0.25) is 0 Å². The Balaban J connectivity index is 1.57. The highest BCUT2D eigenvalue weighted by Crippen LogP contribution is 2.39. The third kappa shape index (κ3) is 3.38. The van der Waals surface area contributed by atoms with Crippen LogP contribution in [-0.2, 0) is 0 Å². The fourth-order valence-corrected chi connectivity index (χ4v) is 4.20. The number of carbonyl (C=O) groups excluding carboxylic acids is 1. The Hall–Kier alpha value is -3.19. The number of benzene rings is 1. The van der Waals surface area contributed by atoms with Crippen LogP contribution in [0.25, 0.3) is 11.3 Å². The van der Waals surface area contributed by atoms with Gasteiger partial charge in [-0.05, 0) is 43.2 Å². The van der Waals surface area contributed by atoms with Crippen LogP contribution in [0.5, 0.6) is 0 Å². The molecule has 2 amide bonds. The lowest BCUT2D eigenvalue weighted by Crippen LogP contribution is -2.46. The minimum Gasteiger partial charge on any atom is -0.368 e. The van der Waals surface area contributed by atoms with Gasteiger partial charge in [-0.2, -0.15) is 0 Å². The van der Waals surface area contributed by atoms with Crippen LogP contribution in [0.2, 0.25) is 5.02 Å². The molecule has 0 unspecified atom stereocenters. The Morgan fingerprint density at radius 1 is 1.14 bits per heavy atom. The maximum absolute atomic E-state index is 13.2. The lowest BCUT2D eigenvalue weighted by Gasteiger charge is -2.31. The second-order valence-electron chi connectivity index (χ2n) is 7.16. The van der Waals surface area contributed by atoms with Gasteiger partial charge >= 0.3 is 6.03 Å². The molecule has 29 heavy (non-hydrogen) atoms. The average Bonchev–Trinajstić information content (AvgIpc) is 3.00. The number of nitrogens with zero attached hydrogens (tertiary/aromatic N) is 5. The molecule has 1 N–H and O–H groups in total. The van der Waals surface area contributed by atoms with E-state index in [-0.39, 0.29) is 12.1 Å². The normalized spacial score (nSPS) is 15.8. The lowest BCUT2D eigenvalue weighted by molar-refractivity contribution is 0.253. The summed E-state index contributed by atoms with van der Waals surface area (Å²) in [6, 6.07) is 13.2.